The van der Waals surface area contributed by atoms with Gasteiger partial charge in [0.05, 0.1) is 0 Å². The van der Waals surface area contributed by atoms with Crippen molar-refractivity contribution < 1.29 is 19.4 Å². The monoisotopic (exact) mass is 187 g/mol. The first-order valence-electron chi connectivity index (χ1n) is 3.80. The highest BCUT2D eigenvalue weighted by atomic mass is 16.5. The minimum Gasteiger partial charge on any atom is -0.478 e. The van der Waals surface area contributed by atoms with E-state index >= 15 is 0 Å². The minimum atomic E-state index is -1.19. The third-order valence-electron chi connectivity index (χ3n) is 1.40. The molecule has 2 atom stereocenters. The van der Waals surface area contributed by atoms with Gasteiger partial charge in [0, 0.05) is 18.2 Å². The molecule has 0 aromatic rings. The number of carbonyl (C=O) groups is 2. The number of hydrogen-bond acceptors (Lipinski definition) is 4. The largest absolute Gasteiger partial charge is 0.478 e. The van der Waals surface area contributed by atoms with Gasteiger partial charge in [-0.1, -0.05) is 0 Å². The van der Waals surface area contributed by atoms with Crippen LogP contribution in [0, 0.1) is 0 Å². The van der Waals surface area contributed by atoms with Crippen molar-refractivity contribution in [1.29, 1.82) is 0 Å². The highest BCUT2D eigenvalue weighted by Crippen LogP contribution is 1.96. The van der Waals surface area contributed by atoms with E-state index in [1.165, 1.54) is 0 Å². The number of hydrogen-bond donors (Lipinski definition) is 2. The molecule has 13 heavy (non-hydrogen) atoms. The molecule has 0 spiro atoms. The number of ether oxygens (including phenoxy) is 1. The molecule has 0 radical (unpaired) electrons. The van der Waals surface area contributed by atoms with Crippen LogP contribution in [-0.2, 0) is 14.3 Å². The van der Waals surface area contributed by atoms with Crippen LogP contribution in [0.3, 0.4) is 0 Å². The summed E-state index contributed by atoms with van der Waals surface area (Å²) in [5.74, 6) is -1.89. The lowest BCUT2D eigenvalue weighted by atomic mass is 10.2. The van der Waals surface area contributed by atoms with Crippen molar-refractivity contribution in [3.8, 4) is 0 Å². The second kappa shape index (κ2) is 5.31. The summed E-state index contributed by atoms with van der Waals surface area (Å²) in [6.07, 6.45) is 1.14. The van der Waals surface area contributed by atoms with Gasteiger partial charge < -0.3 is 15.6 Å². The summed E-state index contributed by atoms with van der Waals surface area (Å²) in [7, 11) is 0. The summed E-state index contributed by atoms with van der Waals surface area (Å²) in [6, 6.07) is -0.276. The fourth-order valence-corrected chi connectivity index (χ4v) is 0.469. The fraction of sp³-hybridized carbons (Fsp3) is 0.500. The van der Waals surface area contributed by atoms with E-state index in [1.807, 2.05) is 0 Å². The van der Waals surface area contributed by atoms with Crippen molar-refractivity contribution in [2.45, 2.75) is 26.0 Å². The minimum absolute atomic E-state index is 0.276. The highest BCUT2D eigenvalue weighted by molar-refractivity contribution is 5.90. The third-order valence-corrected chi connectivity index (χ3v) is 1.40. The van der Waals surface area contributed by atoms with E-state index in [0.29, 0.717) is 0 Å². The SMILES string of the molecule is CC(N)C(C)OC(=O)C=CC(=O)O. The van der Waals surface area contributed by atoms with Crippen LogP contribution in [-0.4, -0.2) is 29.2 Å². The summed E-state index contributed by atoms with van der Waals surface area (Å²) in [4.78, 5) is 20.8. The molecular formula is C8H13NO4. The highest BCUT2D eigenvalue weighted by Gasteiger charge is 2.10. The average Bonchev–Trinajstić information content (AvgIpc) is 2.00. The molecule has 0 saturated carbocycles. The van der Waals surface area contributed by atoms with Crippen LogP contribution in [0.1, 0.15) is 13.8 Å². The number of aliphatic carboxylic acids is 1. The summed E-state index contributed by atoms with van der Waals surface area (Å²) in [6.45, 7) is 3.33. The van der Waals surface area contributed by atoms with Crippen LogP contribution in [0.4, 0.5) is 0 Å². The van der Waals surface area contributed by atoms with Crippen LogP contribution in [0.5, 0.6) is 0 Å². The van der Waals surface area contributed by atoms with Crippen molar-refractivity contribution in [3.05, 3.63) is 12.2 Å². The Morgan fingerprint density at radius 3 is 2.31 bits per heavy atom. The molecule has 0 aliphatic heterocycles. The lowest BCUT2D eigenvalue weighted by molar-refractivity contribution is -0.143. The van der Waals surface area contributed by atoms with Crippen LogP contribution in [0.25, 0.3) is 0 Å². The van der Waals surface area contributed by atoms with Crippen molar-refractivity contribution in [1.82, 2.24) is 0 Å². The van der Waals surface area contributed by atoms with Gasteiger partial charge in [-0.05, 0) is 13.8 Å². The summed E-state index contributed by atoms with van der Waals surface area (Å²) < 4.78 is 4.75. The van der Waals surface area contributed by atoms with Gasteiger partial charge in [-0.2, -0.15) is 0 Å². The van der Waals surface area contributed by atoms with Crippen molar-refractivity contribution in [3.63, 3.8) is 0 Å². The normalized spacial score (nSPS) is 15.3. The van der Waals surface area contributed by atoms with Crippen molar-refractivity contribution in [2.24, 2.45) is 5.73 Å². The lowest BCUT2D eigenvalue weighted by Gasteiger charge is -2.14. The van der Waals surface area contributed by atoms with E-state index in [-0.39, 0.29) is 6.04 Å². The maximum absolute atomic E-state index is 10.8. The first kappa shape index (κ1) is 11.6. The molecule has 0 bridgehead atoms. The first-order chi connectivity index (χ1) is 5.93. The maximum Gasteiger partial charge on any atom is 0.331 e. The quantitative estimate of drug-likeness (QED) is 0.474. The molecule has 0 aromatic carbocycles. The second-order valence-corrected chi connectivity index (χ2v) is 2.67. The maximum atomic E-state index is 10.8. The number of carboxylic acids is 1. The predicted molar refractivity (Wildman–Crippen MR) is 46.0 cm³/mol. The molecule has 0 aliphatic rings. The Hall–Kier alpha value is -1.36. The van der Waals surface area contributed by atoms with E-state index in [4.69, 9.17) is 15.6 Å². The molecule has 0 rings (SSSR count). The Balaban J connectivity index is 3.95. The first-order valence-corrected chi connectivity index (χ1v) is 3.80. The topological polar surface area (TPSA) is 89.6 Å². The Morgan fingerprint density at radius 1 is 1.38 bits per heavy atom. The molecule has 5 heteroatoms. The van der Waals surface area contributed by atoms with E-state index in [0.717, 1.165) is 12.2 Å². The Labute approximate surface area is 76.2 Å². The zero-order valence-electron chi connectivity index (χ0n) is 7.56. The molecular weight excluding hydrogens is 174 g/mol. The van der Waals surface area contributed by atoms with E-state index < -0.39 is 18.0 Å². The number of nitrogens with two attached hydrogens (primary N) is 1. The van der Waals surface area contributed by atoms with Crippen LogP contribution >= 0.6 is 0 Å². The number of carboxylic acid groups (broad SMARTS) is 1. The molecule has 0 saturated heterocycles. The Kier molecular flexibility index (Phi) is 4.76. The molecule has 0 amide bonds. The van der Waals surface area contributed by atoms with Crippen molar-refractivity contribution >= 4 is 11.9 Å². The molecule has 74 valence electrons. The van der Waals surface area contributed by atoms with Gasteiger partial charge in [0.15, 0.2) is 0 Å². The molecule has 0 aliphatic carbocycles. The van der Waals surface area contributed by atoms with Gasteiger partial charge >= 0.3 is 11.9 Å². The van der Waals surface area contributed by atoms with Gasteiger partial charge in [-0.15, -0.1) is 0 Å². The average molecular weight is 187 g/mol. The fourth-order valence-electron chi connectivity index (χ4n) is 0.469. The third kappa shape index (κ3) is 5.86. The molecule has 2 unspecified atom stereocenters. The van der Waals surface area contributed by atoms with Crippen LogP contribution in [0.2, 0.25) is 0 Å². The molecule has 3 N–H and O–H groups in total. The van der Waals surface area contributed by atoms with Gasteiger partial charge in [-0.3, -0.25) is 0 Å². The van der Waals surface area contributed by atoms with Crippen LogP contribution < -0.4 is 5.73 Å². The summed E-state index contributed by atoms with van der Waals surface area (Å²) in [5, 5.41) is 8.19. The van der Waals surface area contributed by atoms with E-state index in [2.05, 4.69) is 0 Å². The van der Waals surface area contributed by atoms with E-state index in [9.17, 15) is 9.59 Å². The van der Waals surface area contributed by atoms with E-state index in [1.54, 1.807) is 13.8 Å². The van der Waals surface area contributed by atoms with Gasteiger partial charge in [-0.25, -0.2) is 9.59 Å². The smallest absolute Gasteiger partial charge is 0.331 e. The van der Waals surface area contributed by atoms with Gasteiger partial charge in [0.1, 0.15) is 6.10 Å². The molecule has 0 fully saturated rings. The summed E-state index contributed by atoms with van der Waals surface area (Å²) >= 11 is 0. The summed E-state index contributed by atoms with van der Waals surface area (Å²) in [5.41, 5.74) is 5.42. The predicted octanol–water partition coefficient (Wildman–Crippen LogP) is -0.0939. The number of carbonyl (C=O) groups excluding carboxylic acids is 1. The van der Waals surface area contributed by atoms with Gasteiger partial charge in [0.25, 0.3) is 0 Å². The van der Waals surface area contributed by atoms with Crippen molar-refractivity contribution in [2.75, 3.05) is 0 Å². The molecule has 0 aromatic heterocycles. The Morgan fingerprint density at radius 2 is 1.92 bits per heavy atom. The standard InChI is InChI=1S/C8H13NO4/c1-5(9)6(2)13-8(12)4-3-7(10)11/h3-6H,9H2,1-2H3,(H,10,11). The Bertz CT molecular complexity index is 222. The molecule has 0 heterocycles. The second-order valence-electron chi connectivity index (χ2n) is 2.67. The number of esters is 1. The zero-order chi connectivity index (χ0) is 10.4. The lowest BCUT2D eigenvalue weighted by Crippen LogP contribution is -2.32. The van der Waals surface area contributed by atoms with Gasteiger partial charge in [0.2, 0.25) is 0 Å². The zero-order valence-corrected chi connectivity index (χ0v) is 7.56. The number of rotatable bonds is 4. The van der Waals surface area contributed by atoms with Crippen LogP contribution in [0.15, 0.2) is 12.2 Å². The molecule has 5 nitrogen and oxygen atoms in total.